The van der Waals surface area contributed by atoms with E-state index < -0.39 is 0 Å². The number of piperidine rings is 1. The van der Waals surface area contributed by atoms with Crippen molar-refractivity contribution in [2.24, 2.45) is 5.92 Å². The van der Waals surface area contributed by atoms with Crippen molar-refractivity contribution in [3.05, 3.63) is 6.07 Å². The zero-order valence-corrected chi connectivity index (χ0v) is 10.3. The van der Waals surface area contributed by atoms with Crippen molar-refractivity contribution < 1.29 is 4.74 Å². The molecule has 1 aliphatic heterocycles. The summed E-state index contributed by atoms with van der Waals surface area (Å²) in [5.74, 6) is 1.96. The lowest BCUT2D eigenvalue weighted by Gasteiger charge is -2.36. The van der Waals surface area contributed by atoms with Gasteiger partial charge in [0.05, 0.1) is 6.10 Å². The van der Waals surface area contributed by atoms with Gasteiger partial charge in [0, 0.05) is 26.3 Å². The van der Waals surface area contributed by atoms with Crippen LogP contribution in [0, 0.1) is 5.92 Å². The highest BCUT2D eigenvalue weighted by Gasteiger charge is 2.27. The summed E-state index contributed by atoms with van der Waals surface area (Å²) < 4.78 is 5.47. The smallest absolute Gasteiger partial charge is 0.223 e. The molecule has 2 heterocycles. The molecule has 6 heteroatoms. The molecule has 0 amide bonds. The molecule has 0 spiro atoms. The van der Waals surface area contributed by atoms with Crippen LogP contribution < -0.4 is 16.4 Å². The zero-order chi connectivity index (χ0) is 12.4. The van der Waals surface area contributed by atoms with Crippen molar-refractivity contribution in [2.45, 2.75) is 19.4 Å². The van der Waals surface area contributed by atoms with Gasteiger partial charge in [0.15, 0.2) is 0 Å². The topological polar surface area (TPSA) is 90.3 Å². The molecule has 1 fully saturated rings. The minimum Gasteiger partial charge on any atom is -0.383 e. The van der Waals surface area contributed by atoms with Gasteiger partial charge in [-0.25, -0.2) is 0 Å². The molecule has 2 unspecified atom stereocenters. The summed E-state index contributed by atoms with van der Waals surface area (Å²) >= 11 is 0. The molecule has 0 bridgehead atoms. The lowest BCUT2D eigenvalue weighted by molar-refractivity contribution is 0.0496. The zero-order valence-electron chi connectivity index (χ0n) is 10.3. The molecule has 17 heavy (non-hydrogen) atoms. The van der Waals surface area contributed by atoms with Gasteiger partial charge in [-0.1, -0.05) is 6.92 Å². The number of hydrogen-bond donors (Lipinski definition) is 2. The van der Waals surface area contributed by atoms with Crippen LogP contribution in [0.2, 0.25) is 0 Å². The summed E-state index contributed by atoms with van der Waals surface area (Å²) in [4.78, 5) is 10.2. The van der Waals surface area contributed by atoms with Crippen LogP contribution >= 0.6 is 0 Å². The summed E-state index contributed by atoms with van der Waals surface area (Å²) in [6.45, 7) is 3.96. The van der Waals surface area contributed by atoms with E-state index in [-0.39, 0.29) is 12.1 Å². The Morgan fingerprint density at radius 1 is 1.41 bits per heavy atom. The van der Waals surface area contributed by atoms with E-state index in [9.17, 15) is 0 Å². The number of anilines is 3. The molecule has 2 rings (SSSR count). The Kier molecular flexibility index (Phi) is 3.33. The standard InChI is InChI=1S/C11H19N5O/c1-7-3-4-16(6-8(7)17-2)10-5-9(12)14-11(13)15-10/h5,7-8H,3-4,6H2,1-2H3,(H4,12,13,14,15). The van der Waals surface area contributed by atoms with Crippen LogP contribution in [-0.4, -0.2) is 36.3 Å². The van der Waals surface area contributed by atoms with Crippen LogP contribution in [0.1, 0.15) is 13.3 Å². The molecule has 1 aliphatic rings. The van der Waals surface area contributed by atoms with E-state index in [2.05, 4.69) is 21.8 Å². The van der Waals surface area contributed by atoms with E-state index in [1.807, 2.05) is 0 Å². The number of hydrogen-bond acceptors (Lipinski definition) is 6. The molecule has 1 aromatic rings. The second-order valence-electron chi connectivity index (χ2n) is 4.50. The first-order valence-corrected chi connectivity index (χ1v) is 5.78. The summed E-state index contributed by atoms with van der Waals surface area (Å²) in [5.41, 5.74) is 11.3. The Hall–Kier alpha value is -1.56. The first kappa shape index (κ1) is 11.9. The third-order valence-corrected chi connectivity index (χ3v) is 3.27. The van der Waals surface area contributed by atoms with E-state index in [0.29, 0.717) is 11.7 Å². The number of methoxy groups -OCH3 is 1. The van der Waals surface area contributed by atoms with Crippen molar-refractivity contribution in [1.29, 1.82) is 0 Å². The highest BCUT2D eigenvalue weighted by atomic mass is 16.5. The average molecular weight is 237 g/mol. The van der Waals surface area contributed by atoms with Gasteiger partial charge in [-0.3, -0.25) is 0 Å². The van der Waals surface area contributed by atoms with Crippen molar-refractivity contribution in [2.75, 3.05) is 36.6 Å². The molecule has 0 saturated carbocycles. The largest absolute Gasteiger partial charge is 0.383 e. The molecule has 1 saturated heterocycles. The first-order chi connectivity index (χ1) is 8.10. The van der Waals surface area contributed by atoms with Gasteiger partial charge in [0.25, 0.3) is 0 Å². The van der Waals surface area contributed by atoms with Crippen LogP contribution in [0.5, 0.6) is 0 Å². The van der Waals surface area contributed by atoms with Crippen molar-refractivity contribution in [3.63, 3.8) is 0 Å². The number of aromatic nitrogens is 2. The summed E-state index contributed by atoms with van der Waals surface area (Å²) in [5, 5.41) is 0. The van der Waals surface area contributed by atoms with Gasteiger partial charge in [0.2, 0.25) is 5.95 Å². The van der Waals surface area contributed by atoms with Gasteiger partial charge in [-0.05, 0) is 12.3 Å². The first-order valence-electron chi connectivity index (χ1n) is 5.78. The number of rotatable bonds is 2. The Balaban J connectivity index is 2.17. The highest BCUT2D eigenvalue weighted by molar-refractivity contribution is 5.50. The summed E-state index contributed by atoms with van der Waals surface area (Å²) in [7, 11) is 1.74. The Bertz CT molecular complexity index is 377. The Morgan fingerprint density at radius 3 is 2.82 bits per heavy atom. The molecule has 0 aromatic carbocycles. The van der Waals surface area contributed by atoms with Crippen LogP contribution in [0.15, 0.2) is 6.07 Å². The minimum atomic E-state index is 0.215. The fraction of sp³-hybridized carbons (Fsp3) is 0.636. The monoisotopic (exact) mass is 237 g/mol. The fourth-order valence-electron chi connectivity index (χ4n) is 2.18. The molecule has 94 valence electrons. The normalized spacial score (nSPS) is 24.9. The van der Waals surface area contributed by atoms with Crippen LogP contribution in [0.25, 0.3) is 0 Å². The Labute approximate surface area is 101 Å². The van der Waals surface area contributed by atoms with E-state index >= 15 is 0 Å². The van der Waals surface area contributed by atoms with Crippen molar-refractivity contribution in [3.8, 4) is 0 Å². The second-order valence-corrected chi connectivity index (χ2v) is 4.50. The van der Waals surface area contributed by atoms with Gasteiger partial charge in [0.1, 0.15) is 11.6 Å². The summed E-state index contributed by atoms with van der Waals surface area (Å²) in [6.07, 6.45) is 1.30. The quantitative estimate of drug-likeness (QED) is 0.778. The number of nitrogens with zero attached hydrogens (tertiary/aromatic N) is 3. The van der Waals surface area contributed by atoms with E-state index in [1.165, 1.54) is 0 Å². The predicted octanol–water partition coefficient (Wildman–Crippen LogP) is 0.502. The van der Waals surface area contributed by atoms with Crippen LogP contribution in [0.3, 0.4) is 0 Å². The molecule has 6 nitrogen and oxygen atoms in total. The molecule has 4 N–H and O–H groups in total. The van der Waals surface area contributed by atoms with Gasteiger partial charge < -0.3 is 21.1 Å². The van der Waals surface area contributed by atoms with E-state index in [1.54, 1.807) is 13.2 Å². The maximum Gasteiger partial charge on any atom is 0.223 e. The lowest BCUT2D eigenvalue weighted by atomic mass is 9.96. The van der Waals surface area contributed by atoms with Crippen molar-refractivity contribution in [1.82, 2.24) is 9.97 Å². The maximum absolute atomic E-state index is 5.67. The molecule has 0 radical (unpaired) electrons. The maximum atomic E-state index is 5.67. The summed E-state index contributed by atoms with van der Waals surface area (Å²) in [6, 6.07) is 1.75. The minimum absolute atomic E-state index is 0.215. The number of nitrogens with two attached hydrogens (primary N) is 2. The van der Waals surface area contributed by atoms with Gasteiger partial charge in [-0.15, -0.1) is 0 Å². The highest BCUT2D eigenvalue weighted by Crippen LogP contribution is 2.24. The fourth-order valence-corrected chi connectivity index (χ4v) is 2.18. The van der Waals surface area contributed by atoms with Gasteiger partial charge in [-0.2, -0.15) is 9.97 Å². The van der Waals surface area contributed by atoms with Gasteiger partial charge >= 0.3 is 0 Å². The Morgan fingerprint density at radius 2 is 2.18 bits per heavy atom. The molecule has 2 atom stereocenters. The third-order valence-electron chi connectivity index (χ3n) is 3.27. The molecular formula is C11H19N5O. The van der Waals surface area contributed by atoms with Crippen LogP contribution in [0.4, 0.5) is 17.6 Å². The molecule has 0 aliphatic carbocycles. The third kappa shape index (κ3) is 2.58. The number of ether oxygens (including phenoxy) is 1. The van der Waals surface area contributed by atoms with E-state index in [0.717, 1.165) is 25.3 Å². The van der Waals surface area contributed by atoms with Crippen molar-refractivity contribution >= 4 is 17.6 Å². The van der Waals surface area contributed by atoms with Crippen LogP contribution in [-0.2, 0) is 4.74 Å². The van der Waals surface area contributed by atoms with E-state index in [4.69, 9.17) is 16.2 Å². The SMILES string of the molecule is COC1CN(c2cc(N)nc(N)n2)CCC1C. The second kappa shape index (κ2) is 4.75. The lowest BCUT2D eigenvalue weighted by Crippen LogP contribution is -2.44. The predicted molar refractivity (Wildman–Crippen MR) is 67.6 cm³/mol. The molecule has 1 aromatic heterocycles. The molecular weight excluding hydrogens is 218 g/mol. The average Bonchev–Trinajstić information content (AvgIpc) is 2.28. The number of nitrogen functional groups attached to an aromatic ring is 2.